The first-order valence-corrected chi connectivity index (χ1v) is 10.7. The summed E-state index contributed by atoms with van der Waals surface area (Å²) in [6, 6.07) is 6.63. The van der Waals surface area contributed by atoms with Crippen LogP contribution in [0.5, 0.6) is 0 Å². The molecule has 1 saturated heterocycles. The predicted molar refractivity (Wildman–Crippen MR) is 102 cm³/mol. The van der Waals surface area contributed by atoms with Crippen molar-refractivity contribution in [3.05, 3.63) is 56.9 Å². The van der Waals surface area contributed by atoms with Crippen molar-refractivity contribution >= 4 is 15.5 Å². The van der Waals surface area contributed by atoms with Crippen LogP contribution in [0.25, 0.3) is 0 Å². The van der Waals surface area contributed by atoms with E-state index >= 15 is 0 Å². The van der Waals surface area contributed by atoms with Gasteiger partial charge in [0.2, 0.25) is 0 Å². The zero-order chi connectivity index (χ0) is 19.8. The van der Waals surface area contributed by atoms with Crippen molar-refractivity contribution in [2.24, 2.45) is 0 Å². The maximum absolute atomic E-state index is 11.8. The van der Waals surface area contributed by atoms with Gasteiger partial charge in [0.15, 0.2) is 9.84 Å². The molecular formula is C18H24N4O4S. The van der Waals surface area contributed by atoms with Crippen LogP contribution in [-0.4, -0.2) is 46.6 Å². The Kier molecular flexibility index (Phi) is 5.34. The molecule has 1 aliphatic rings. The van der Waals surface area contributed by atoms with Crippen LogP contribution in [0.15, 0.2) is 24.3 Å². The number of nitro groups is 1. The normalized spacial score (nSPS) is 18.9. The van der Waals surface area contributed by atoms with Gasteiger partial charge in [0.05, 0.1) is 28.2 Å². The van der Waals surface area contributed by atoms with Crippen LogP contribution in [0, 0.1) is 24.0 Å². The fraction of sp³-hybridized carbons (Fsp3) is 0.500. The van der Waals surface area contributed by atoms with Crippen LogP contribution in [0.1, 0.15) is 35.0 Å². The second-order valence-corrected chi connectivity index (χ2v) is 9.44. The molecule has 8 nitrogen and oxygen atoms in total. The Labute approximate surface area is 158 Å². The number of hydrogen-bond donors (Lipinski definition) is 0. The molecule has 2 heterocycles. The van der Waals surface area contributed by atoms with Gasteiger partial charge in [-0.05, 0) is 27.3 Å². The minimum atomic E-state index is -2.98. The Morgan fingerprint density at radius 2 is 2.00 bits per heavy atom. The van der Waals surface area contributed by atoms with Crippen molar-refractivity contribution < 1.29 is 13.3 Å². The van der Waals surface area contributed by atoms with E-state index in [0.29, 0.717) is 25.1 Å². The minimum absolute atomic E-state index is 0.108. The van der Waals surface area contributed by atoms with Crippen molar-refractivity contribution in [2.75, 3.05) is 18.6 Å². The molecule has 27 heavy (non-hydrogen) atoms. The molecule has 1 atom stereocenters. The van der Waals surface area contributed by atoms with E-state index in [4.69, 9.17) is 0 Å². The summed E-state index contributed by atoms with van der Waals surface area (Å²) < 4.78 is 25.4. The maximum Gasteiger partial charge on any atom is 0.273 e. The number of hydrogen-bond acceptors (Lipinski definition) is 6. The Balaban J connectivity index is 1.77. The summed E-state index contributed by atoms with van der Waals surface area (Å²) in [6.07, 6.45) is 0.593. The third kappa shape index (κ3) is 4.19. The Bertz CT molecular complexity index is 968. The average Bonchev–Trinajstić information content (AvgIpc) is 3.08. The van der Waals surface area contributed by atoms with Gasteiger partial charge < -0.3 is 0 Å². The second-order valence-electron chi connectivity index (χ2n) is 7.21. The fourth-order valence-corrected chi connectivity index (χ4v) is 5.38. The number of nitro benzene ring substituents is 1. The molecule has 1 fully saturated rings. The molecule has 9 heteroatoms. The molecular weight excluding hydrogens is 368 g/mol. The molecule has 0 spiro atoms. The molecule has 0 unspecified atom stereocenters. The number of para-hydroxylation sites is 1. The topological polar surface area (TPSA) is 98.3 Å². The molecule has 1 aromatic carbocycles. The average molecular weight is 392 g/mol. The highest BCUT2D eigenvalue weighted by Crippen LogP contribution is 2.28. The Morgan fingerprint density at radius 3 is 2.63 bits per heavy atom. The standard InChI is InChI=1S/C18H24N4O4S/c1-13-17(14(2)21(19-13)16-8-9-27(25,26)12-16)11-20(3)10-15-6-4-5-7-18(15)22(23)24/h4-7,16H,8-12H2,1-3H3/t16-/m1/s1. The van der Waals surface area contributed by atoms with Gasteiger partial charge in [0, 0.05) is 36.0 Å². The highest BCUT2D eigenvalue weighted by atomic mass is 32.2. The van der Waals surface area contributed by atoms with E-state index < -0.39 is 9.84 Å². The van der Waals surface area contributed by atoms with Crippen LogP contribution < -0.4 is 0 Å². The van der Waals surface area contributed by atoms with Gasteiger partial charge in [0.25, 0.3) is 5.69 Å². The molecule has 0 bridgehead atoms. The van der Waals surface area contributed by atoms with E-state index in [0.717, 1.165) is 17.0 Å². The van der Waals surface area contributed by atoms with Crippen molar-refractivity contribution in [3.8, 4) is 0 Å². The number of aryl methyl sites for hydroxylation is 1. The zero-order valence-electron chi connectivity index (χ0n) is 15.8. The molecule has 3 rings (SSSR count). The number of benzene rings is 1. The highest BCUT2D eigenvalue weighted by molar-refractivity contribution is 7.91. The summed E-state index contributed by atoms with van der Waals surface area (Å²) in [5.74, 6) is 0.351. The maximum atomic E-state index is 11.8. The lowest BCUT2D eigenvalue weighted by Crippen LogP contribution is -2.19. The highest BCUT2D eigenvalue weighted by Gasteiger charge is 2.31. The quantitative estimate of drug-likeness (QED) is 0.553. The third-order valence-electron chi connectivity index (χ3n) is 5.09. The summed E-state index contributed by atoms with van der Waals surface area (Å²) in [6.45, 7) is 4.91. The molecule has 0 saturated carbocycles. The van der Waals surface area contributed by atoms with Crippen molar-refractivity contribution in [1.29, 1.82) is 0 Å². The van der Waals surface area contributed by atoms with Crippen LogP contribution >= 0.6 is 0 Å². The molecule has 0 aliphatic carbocycles. The molecule has 146 valence electrons. The first-order chi connectivity index (χ1) is 12.7. The zero-order valence-corrected chi connectivity index (χ0v) is 16.6. The van der Waals surface area contributed by atoms with Gasteiger partial charge in [-0.3, -0.25) is 19.7 Å². The molecule has 1 aromatic heterocycles. The van der Waals surface area contributed by atoms with Gasteiger partial charge in [0.1, 0.15) is 0 Å². The number of rotatable bonds is 6. The van der Waals surface area contributed by atoms with Crippen molar-refractivity contribution in [2.45, 2.75) is 39.4 Å². The number of sulfone groups is 1. The Morgan fingerprint density at radius 1 is 1.30 bits per heavy atom. The van der Waals surface area contributed by atoms with E-state index in [1.54, 1.807) is 18.2 Å². The van der Waals surface area contributed by atoms with E-state index in [2.05, 4.69) is 5.10 Å². The monoisotopic (exact) mass is 392 g/mol. The van der Waals surface area contributed by atoms with Gasteiger partial charge in [-0.15, -0.1) is 0 Å². The lowest BCUT2D eigenvalue weighted by molar-refractivity contribution is -0.385. The van der Waals surface area contributed by atoms with Gasteiger partial charge in [-0.2, -0.15) is 5.10 Å². The summed E-state index contributed by atoms with van der Waals surface area (Å²) in [5, 5.41) is 15.8. The third-order valence-corrected chi connectivity index (χ3v) is 6.84. The second kappa shape index (κ2) is 7.40. The van der Waals surface area contributed by atoms with Crippen molar-refractivity contribution in [3.63, 3.8) is 0 Å². The number of nitrogens with zero attached hydrogens (tertiary/aromatic N) is 4. The van der Waals surface area contributed by atoms with E-state index in [9.17, 15) is 18.5 Å². The smallest absolute Gasteiger partial charge is 0.273 e. The SMILES string of the molecule is Cc1nn([C@@H]2CCS(=O)(=O)C2)c(C)c1CN(C)Cc1ccccc1[N+](=O)[O-]. The van der Waals surface area contributed by atoms with Gasteiger partial charge in [-0.1, -0.05) is 18.2 Å². The summed E-state index contributed by atoms with van der Waals surface area (Å²) in [5.41, 5.74) is 3.65. The first-order valence-electron chi connectivity index (χ1n) is 8.84. The van der Waals surface area contributed by atoms with Crippen LogP contribution in [0.2, 0.25) is 0 Å². The molecule has 0 radical (unpaired) electrons. The van der Waals surface area contributed by atoms with Crippen LogP contribution in [0.4, 0.5) is 5.69 Å². The molecule has 0 N–H and O–H groups in total. The van der Waals surface area contributed by atoms with Gasteiger partial charge in [-0.25, -0.2) is 8.42 Å². The molecule has 2 aromatic rings. The lowest BCUT2D eigenvalue weighted by atomic mass is 10.1. The van der Waals surface area contributed by atoms with Crippen LogP contribution in [0.3, 0.4) is 0 Å². The van der Waals surface area contributed by atoms with Crippen molar-refractivity contribution in [1.82, 2.24) is 14.7 Å². The van der Waals surface area contributed by atoms with E-state index in [1.807, 2.05) is 30.5 Å². The lowest BCUT2D eigenvalue weighted by Gasteiger charge is -2.18. The van der Waals surface area contributed by atoms with Crippen LogP contribution in [-0.2, 0) is 22.9 Å². The summed E-state index contributed by atoms with van der Waals surface area (Å²) in [4.78, 5) is 12.8. The Hall–Kier alpha value is -2.26. The summed E-state index contributed by atoms with van der Waals surface area (Å²) >= 11 is 0. The largest absolute Gasteiger partial charge is 0.297 e. The molecule has 0 amide bonds. The summed E-state index contributed by atoms with van der Waals surface area (Å²) in [7, 11) is -1.07. The molecule has 1 aliphatic heterocycles. The first kappa shape index (κ1) is 19.5. The number of aromatic nitrogens is 2. The predicted octanol–water partition coefficient (Wildman–Crippen LogP) is 2.40. The van der Waals surface area contributed by atoms with Gasteiger partial charge >= 0.3 is 0 Å². The minimum Gasteiger partial charge on any atom is -0.297 e. The fourth-order valence-electron chi connectivity index (χ4n) is 3.69. The van der Waals surface area contributed by atoms with E-state index in [-0.39, 0.29) is 28.2 Å². The van der Waals surface area contributed by atoms with E-state index in [1.165, 1.54) is 6.07 Å².